The van der Waals surface area contributed by atoms with Crippen LogP contribution in [0.15, 0.2) is 4.99 Å². The number of hydrogen-bond acceptors (Lipinski definition) is 1. The van der Waals surface area contributed by atoms with Crippen molar-refractivity contribution in [2.24, 2.45) is 16.1 Å². The van der Waals surface area contributed by atoms with Crippen molar-refractivity contribution >= 4 is 5.96 Å². The highest BCUT2D eigenvalue weighted by Crippen LogP contribution is 2.35. The first-order valence-electron chi connectivity index (χ1n) is 5.62. The molecule has 1 atom stereocenters. The first kappa shape index (κ1) is 11.3. The molecule has 82 valence electrons. The Balaban J connectivity index is 2.53. The monoisotopic (exact) mass is 197 g/mol. The highest BCUT2D eigenvalue weighted by molar-refractivity contribution is 5.78. The van der Waals surface area contributed by atoms with Crippen LogP contribution in [-0.4, -0.2) is 18.5 Å². The summed E-state index contributed by atoms with van der Waals surface area (Å²) in [5, 5.41) is 3.34. The maximum atomic E-state index is 5.78. The lowest BCUT2D eigenvalue weighted by Gasteiger charge is -2.39. The molecule has 1 unspecified atom stereocenters. The summed E-state index contributed by atoms with van der Waals surface area (Å²) in [7, 11) is 0. The van der Waals surface area contributed by atoms with E-state index in [1.165, 1.54) is 25.7 Å². The summed E-state index contributed by atoms with van der Waals surface area (Å²) in [4.78, 5) is 4.17. The van der Waals surface area contributed by atoms with E-state index < -0.39 is 0 Å². The van der Waals surface area contributed by atoms with Gasteiger partial charge in [0.1, 0.15) is 0 Å². The number of nitrogens with one attached hydrogen (secondary N) is 1. The summed E-state index contributed by atoms with van der Waals surface area (Å²) >= 11 is 0. The van der Waals surface area contributed by atoms with Gasteiger partial charge in [0.15, 0.2) is 5.96 Å². The molecule has 0 spiro atoms. The summed E-state index contributed by atoms with van der Waals surface area (Å²) in [6.07, 6.45) is 5.15. The Bertz CT molecular complexity index is 209. The molecule has 1 rings (SSSR count). The fourth-order valence-corrected chi connectivity index (χ4v) is 2.16. The van der Waals surface area contributed by atoms with Crippen LogP contribution in [-0.2, 0) is 0 Å². The van der Waals surface area contributed by atoms with Crippen molar-refractivity contribution in [3.05, 3.63) is 0 Å². The molecule has 1 saturated carbocycles. The van der Waals surface area contributed by atoms with Crippen LogP contribution < -0.4 is 11.1 Å². The zero-order valence-corrected chi connectivity index (χ0v) is 9.64. The molecule has 0 aromatic heterocycles. The summed E-state index contributed by atoms with van der Waals surface area (Å²) in [5.74, 6) is 0.604. The Hall–Kier alpha value is -0.730. The molecule has 3 nitrogen and oxygen atoms in total. The van der Waals surface area contributed by atoms with Gasteiger partial charge in [-0.1, -0.05) is 26.7 Å². The van der Waals surface area contributed by atoms with Gasteiger partial charge in [-0.2, -0.15) is 0 Å². The first-order chi connectivity index (χ1) is 6.56. The zero-order valence-electron chi connectivity index (χ0n) is 9.64. The van der Waals surface area contributed by atoms with Crippen LogP contribution in [0, 0.1) is 5.41 Å². The molecule has 0 bridgehead atoms. The average molecular weight is 197 g/mol. The van der Waals surface area contributed by atoms with Crippen molar-refractivity contribution in [1.29, 1.82) is 0 Å². The van der Waals surface area contributed by atoms with Crippen LogP contribution in [0.5, 0.6) is 0 Å². The predicted molar refractivity (Wildman–Crippen MR) is 61.3 cm³/mol. The third-order valence-corrected chi connectivity index (χ3v) is 3.16. The number of nitrogens with zero attached hydrogens (tertiary/aromatic N) is 1. The number of rotatable bonds is 2. The molecular formula is C11H23N3. The summed E-state index contributed by atoms with van der Waals surface area (Å²) in [6, 6.07) is 0.492. The average Bonchev–Trinajstić information content (AvgIpc) is 2.09. The molecule has 1 aliphatic carbocycles. The second-order valence-corrected chi connectivity index (χ2v) is 4.79. The first-order valence-corrected chi connectivity index (χ1v) is 5.62. The van der Waals surface area contributed by atoms with Crippen LogP contribution in [0.25, 0.3) is 0 Å². The largest absolute Gasteiger partial charge is 0.370 e. The normalized spacial score (nSPS) is 27.4. The lowest BCUT2D eigenvalue weighted by molar-refractivity contribution is 0.185. The van der Waals surface area contributed by atoms with Gasteiger partial charge in [-0.3, -0.25) is 4.99 Å². The lowest BCUT2D eigenvalue weighted by atomic mass is 9.73. The van der Waals surface area contributed by atoms with Crippen LogP contribution in [0.3, 0.4) is 0 Å². The standard InChI is InChI=1S/C11H23N3/c1-4-13-10(12)14-9-7-5-6-8-11(9,2)3/h9H,4-8H2,1-3H3,(H3,12,13,14). The molecule has 14 heavy (non-hydrogen) atoms. The molecule has 0 radical (unpaired) electrons. The molecule has 0 aromatic carbocycles. The second-order valence-electron chi connectivity index (χ2n) is 4.79. The van der Waals surface area contributed by atoms with Gasteiger partial charge >= 0.3 is 0 Å². The minimum atomic E-state index is 0.353. The van der Waals surface area contributed by atoms with Crippen LogP contribution >= 0.6 is 0 Å². The quantitative estimate of drug-likeness (QED) is 0.524. The van der Waals surface area contributed by atoms with E-state index in [1.807, 2.05) is 6.92 Å². The van der Waals surface area contributed by atoms with Gasteiger partial charge in [0.25, 0.3) is 0 Å². The highest BCUT2D eigenvalue weighted by atomic mass is 15.1. The molecule has 3 heteroatoms. The van der Waals surface area contributed by atoms with E-state index in [1.54, 1.807) is 0 Å². The number of nitrogens with two attached hydrogens (primary N) is 1. The third-order valence-electron chi connectivity index (χ3n) is 3.16. The Morgan fingerprint density at radius 2 is 2.21 bits per heavy atom. The number of aliphatic imine (C=N–C) groups is 1. The molecular weight excluding hydrogens is 174 g/mol. The van der Waals surface area contributed by atoms with Crippen molar-refractivity contribution in [2.45, 2.75) is 52.5 Å². The van der Waals surface area contributed by atoms with E-state index in [9.17, 15) is 0 Å². The molecule has 0 aromatic rings. The molecule has 0 saturated heterocycles. The van der Waals surface area contributed by atoms with E-state index in [0.29, 0.717) is 17.4 Å². The van der Waals surface area contributed by atoms with Crippen LogP contribution in [0.1, 0.15) is 46.5 Å². The highest BCUT2D eigenvalue weighted by Gasteiger charge is 2.32. The van der Waals surface area contributed by atoms with E-state index in [4.69, 9.17) is 5.73 Å². The topological polar surface area (TPSA) is 50.4 Å². The summed E-state index contributed by atoms with van der Waals surface area (Å²) in [6.45, 7) is 7.37. The van der Waals surface area contributed by atoms with Gasteiger partial charge in [-0.15, -0.1) is 0 Å². The fourth-order valence-electron chi connectivity index (χ4n) is 2.16. The Morgan fingerprint density at radius 1 is 1.50 bits per heavy atom. The summed E-state index contributed by atoms with van der Waals surface area (Å²) < 4.78 is 0. The minimum absolute atomic E-state index is 0.353. The zero-order chi connectivity index (χ0) is 10.6. The van der Waals surface area contributed by atoms with Crippen molar-refractivity contribution in [3.63, 3.8) is 0 Å². The Labute approximate surface area is 87.2 Å². The van der Waals surface area contributed by atoms with Crippen molar-refractivity contribution in [3.8, 4) is 0 Å². The van der Waals surface area contributed by atoms with Gasteiger partial charge in [-0.25, -0.2) is 0 Å². The molecule has 0 aliphatic heterocycles. The van der Waals surface area contributed by atoms with Gasteiger partial charge in [0.05, 0.1) is 0 Å². The Morgan fingerprint density at radius 3 is 2.79 bits per heavy atom. The van der Waals surface area contributed by atoms with Crippen LogP contribution in [0.4, 0.5) is 0 Å². The van der Waals surface area contributed by atoms with E-state index >= 15 is 0 Å². The second kappa shape index (κ2) is 4.67. The smallest absolute Gasteiger partial charge is 0.188 e. The van der Waals surface area contributed by atoms with Gasteiger partial charge < -0.3 is 11.1 Å². The third kappa shape index (κ3) is 2.89. The number of hydrogen-bond donors (Lipinski definition) is 2. The molecule has 0 amide bonds. The van der Waals surface area contributed by atoms with Crippen molar-refractivity contribution in [1.82, 2.24) is 5.32 Å². The molecule has 1 fully saturated rings. The fraction of sp³-hybridized carbons (Fsp3) is 0.909. The van der Waals surface area contributed by atoms with Crippen LogP contribution in [0.2, 0.25) is 0 Å². The summed E-state index contributed by atoms with van der Waals surface area (Å²) in [5.41, 5.74) is 6.13. The lowest BCUT2D eigenvalue weighted by Crippen LogP contribution is -2.49. The predicted octanol–water partition coefficient (Wildman–Crippen LogP) is 1.88. The maximum absolute atomic E-state index is 5.78. The van der Waals surface area contributed by atoms with Gasteiger partial charge in [-0.05, 0) is 25.2 Å². The van der Waals surface area contributed by atoms with Crippen molar-refractivity contribution in [2.75, 3.05) is 6.54 Å². The van der Waals surface area contributed by atoms with Gasteiger partial charge in [0.2, 0.25) is 0 Å². The minimum Gasteiger partial charge on any atom is -0.370 e. The van der Waals surface area contributed by atoms with Gasteiger partial charge in [0, 0.05) is 12.6 Å². The maximum Gasteiger partial charge on any atom is 0.188 e. The SMILES string of the molecule is CCN=C(N)NC1CCCCC1(C)C. The molecule has 0 heterocycles. The van der Waals surface area contributed by atoms with E-state index in [0.717, 1.165) is 6.54 Å². The van der Waals surface area contributed by atoms with E-state index in [-0.39, 0.29) is 0 Å². The molecule has 1 aliphatic rings. The Kier molecular flexibility index (Phi) is 3.78. The van der Waals surface area contributed by atoms with E-state index in [2.05, 4.69) is 24.2 Å². The molecule has 3 N–H and O–H groups in total. The van der Waals surface area contributed by atoms with Crippen molar-refractivity contribution < 1.29 is 0 Å². The number of guanidine groups is 1.